The number of methoxy groups -OCH3 is 1. The van der Waals surface area contributed by atoms with E-state index in [1.165, 1.54) is 30.0 Å². The fraction of sp³-hybridized carbons (Fsp3) is 0.192. The quantitative estimate of drug-likeness (QED) is 0.257. The Bertz CT molecular complexity index is 1340. The molecule has 2 unspecified atom stereocenters. The third kappa shape index (κ3) is 5.98. The Balaban J connectivity index is 1.56. The van der Waals surface area contributed by atoms with Gasteiger partial charge < -0.3 is 14.8 Å². The number of benzene rings is 3. The minimum atomic E-state index is -0.549. The standard InChI is InChI=1S/C26H24ClFN4O3S/c1-16(35-21-12-10-20(34-3)11-13-21)24-30-31-26(32(24)19-7-5-4-6-8-19)36-17(2)25(33)29-18-9-14-23(28)22(27)15-18/h4-17H,1-3H3,(H,29,33). The van der Waals surface area contributed by atoms with Crippen LogP contribution in [0.25, 0.3) is 5.69 Å². The molecule has 1 N–H and O–H groups in total. The second-order valence-corrected chi connectivity index (χ2v) is 9.54. The van der Waals surface area contributed by atoms with Gasteiger partial charge in [-0.2, -0.15) is 0 Å². The Morgan fingerprint density at radius 2 is 1.72 bits per heavy atom. The molecule has 0 saturated carbocycles. The van der Waals surface area contributed by atoms with Crippen LogP contribution in [0.5, 0.6) is 11.5 Å². The molecule has 4 aromatic rings. The molecule has 0 saturated heterocycles. The first-order valence-corrected chi connectivity index (χ1v) is 12.4. The first-order chi connectivity index (χ1) is 17.4. The van der Waals surface area contributed by atoms with Gasteiger partial charge in [-0.1, -0.05) is 41.6 Å². The van der Waals surface area contributed by atoms with E-state index in [0.29, 0.717) is 22.4 Å². The van der Waals surface area contributed by atoms with Crippen LogP contribution in [0.2, 0.25) is 5.02 Å². The van der Waals surface area contributed by atoms with Gasteiger partial charge in [0.25, 0.3) is 0 Å². The van der Waals surface area contributed by atoms with Crippen LogP contribution in [0.4, 0.5) is 10.1 Å². The molecule has 0 radical (unpaired) electrons. The average molecular weight is 527 g/mol. The highest BCUT2D eigenvalue weighted by molar-refractivity contribution is 8.00. The Hall–Kier alpha value is -3.56. The lowest BCUT2D eigenvalue weighted by atomic mass is 10.3. The van der Waals surface area contributed by atoms with Gasteiger partial charge in [0.2, 0.25) is 5.91 Å². The zero-order valence-corrected chi connectivity index (χ0v) is 21.4. The van der Waals surface area contributed by atoms with Crippen LogP contribution in [0, 0.1) is 5.82 Å². The van der Waals surface area contributed by atoms with Crippen molar-refractivity contribution in [3.8, 4) is 17.2 Å². The molecule has 7 nitrogen and oxygen atoms in total. The summed E-state index contributed by atoms with van der Waals surface area (Å²) in [6.07, 6.45) is -0.439. The summed E-state index contributed by atoms with van der Waals surface area (Å²) in [6, 6.07) is 20.9. The fourth-order valence-corrected chi connectivity index (χ4v) is 4.44. The molecule has 186 valence electrons. The first kappa shape index (κ1) is 25.5. The van der Waals surface area contributed by atoms with Crippen molar-refractivity contribution in [3.63, 3.8) is 0 Å². The second-order valence-electron chi connectivity index (χ2n) is 7.83. The van der Waals surface area contributed by atoms with E-state index < -0.39 is 17.2 Å². The molecule has 0 spiro atoms. The Kier molecular flexibility index (Phi) is 8.12. The number of anilines is 1. The lowest BCUT2D eigenvalue weighted by Gasteiger charge is -2.18. The van der Waals surface area contributed by atoms with Gasteiger partial charge in [-0.15, -0.1) is 10.2 Å². The SMILES string of the molecule is COc1ccc(OC(C)c2nnc(SC(C)C(=O)Nc3ccc(F)c(Cl)c3)n2-c2ccccc2)cc1. The highest BCUT2D eigenvalue weighted by Crippen LogP contribution is 2.31. The molecule has 1 heterocycles. The molecule has 2 atom stereocenters. The van der Waals surface area contributed by atoms with E-state index in [-0.39, 0.29) is 10.9 Å². The number of thioether (sulfide) groups is 1. The van der Waals surface area contributed by atoms with Crippen molar-refractivity contribution >= 4 is 35.0 Å². The Morgan fingerprint density at radius 1 is 1.03 bits per heavy atom. The molecule has 0 bridgehead atoms. The first-order valence-electron chi connectivity index (χ1n) is 11.1. The normalized spacial score (nSPS) is 12.6. The molecular weight excluding hydrogens is 503 g/mol. The van der Waals surface area contributed by atoms with Crippen LogP contribution in [-0.4, -0.2) is 33.0 Å². The van der Waals surface area contributed by atoms with Gasteiger partial charge in [0.05, 0.1) is 17.4 Å². The van der Waals surface area contributed by atoms with E-state index in [9.17, 15) is 9.18 Å². The van der Waals surface area contributed by atoms with Gasteiger partial charge in [0.1, 0.15) is 17.3 Å². The van der Waals surface area contributed by atoms with Crippen LogP contribution in [0.15, 0.2) is 78.0 Å². The second kappa shape index (κ2) is 11.5. The van der Waals surface area contributed by atoms with E-state index >= 15 is 0 Å². The number of ether oxygens (including phenoxy) is 2. The van der Waals surface area contributed by atoms with Gasteiger partial charge in [-0.05, 0) is 68.4 Å². The van der Waals surface area contributed by atoms with Crippen LogP contribution in [-0.2, 0) is 4.79 Å². The van der Waals surface area contributed by atoms with Crippen molar-refractivity contribution in [1.29, 1.82) is 0 Å². The summed E-state index contributed by atoms with van der Waals surface area (Å²) in [5.74, 6) is 1.14. The zero-order valence-electron chi connectivity index (χ0n) is 19.8. The highest BCUT2D eigenvalue weighted by atomic mass is 35.5. The number of nitrogens with one attached hydrogen (secondary N) is 1. The number of rotatable bonds is 9. The summed E-state index contributed by atoms with van der Waals surface area (Å²) in [6.45, 7) is 3.64. The smallest absolute Gasteiger partial charge is 0.237 e. The lowest BCUT2D eigenvalue weighted by molar-refractivity contribution is -0.115. The number of nitrogens with zero attached hydrogens (tertiary/aromatic N) is 3. The summed E-state index contributed by atoms with van der Waals surface area (Å²) in [4.78, 5) is 12.8. The number of hydrogen-bond donors (Lipinski definition) is 1. The van der Waals surface area contributed by atoms with Crippen molar-refractivity contribution in [2.45, 2.75) is 30.4 Å². The lowest BCUT2D eigenvalue weighted by Crippen LogP contribution is -2.23. The molecular formula is C26H24ClFN4O3S. The molecule has 36 heavy (non-hydrogen) atoms. The van der Waals surface area contributed by atoms with Crippen LogP contribution < -0.4 is 14.8 Å². The average Bonchev–Trinajstić information content (AvgIpc) is 3.30. The molecule has 0 aliphatic heterocycles. The summed E-state index contributed by atoms with van der Waals surface area (Å²) in [5, 5.41) is 11.4. The van der Waals surface area contributed by atoms with Crippen LogP contribution in [0.3, 0.4) is 0 Å². The summed E-state index contributed by atoms with van der Waals surface area (Å²) < 4.78 is 26.6. The van der Waals surface area contributed by atoms with Crippen LogP contribution >= 0.6 is 23.4 Å². The van der Waals surface area contributed by atoms with E-state index in [0.717, 1.165) is 11.4 Å². The Labute approximate surface area is 217 Å². The highest BCUT2D eigenvalue weighted by Gasteiger charge is 2.24. The predicted octanol–water partition coefficient (Wildman–Crippen LogP) is 6.33. The minimum Gasteiger partial charge on any atom is -0.497 e. The van der Waals surface area contributed by atoms with Gasteiger partial charge in [0.15, 0.2) is 17.1 Å². The maximum Gasteiger partial charge on any atom is 0.237 e. The van der Waals surface area contributed by atoms with Gasteiger partial charge in [-0.25, -0.2) is 4.39 Å². The third-order valence-corrected chi connectivity index (χ3v) is 6.58. The number of halogens is 2. The molecule has 1 amide bonds. The molecule has 10 heteroatoms. The van der Waals surface area contributed by atoms with E-state index in [2.05, 4.69) is 15.5 Å². The largest absolute Gasteiger partial charge is 0.497 e. The molecule has 1 aromatic heterocycles. The van der Waals surface area contributed by atoms with Crippen LogP contribution in [0.1, 0.15) is 25.8 Å². The number of hydrogen-bond acceptors (Lipinski definition) is 6. The molecule has 0 aliphatic rings. The summed E-state index contributed by atoms with van der Waals surface area (Å²) >= 11 is 7.08. The molecule has 4 rings (SSSR count). The van der Waals surface area contributed by atoms with Gasteiger partial charge >= 0.3 is 0 Å². The Morgan fingerprint density at radius 3 is 2.39 bits per heavy atom. The monoisotopic (exact) mass is 526 g/mol. The van der Waals surface area contributed by atoms with Crippen molar-refractivity contribution in [1.82, 2.24) is 14.8 Å². The third-order valence-electron chi connectivity index (χ3n) is 5.25. The number of carbonyl (C=O) groups excluding carboxylic acids is 1. The minimum absolute atomic E-state index is 0.0626. The summed E-state index contributed by atoms with van der Waals surface area (Å²) in [7, 11) is 1.61. The predicted molar refractivity (Wildman–Crippen MR) is 139 cm³/mol. The zero-order chi connectivity index (χ0) is 25.7. The fourth-order valence-electron chi connectivity index (χ4n) is 3.38. The number of para-hydroxylation sites is 1. The molecule has 0 fully saturated rings. The van der Waals surface area contributed by atoms with Gasteiger partial charge in [-0.3, -0.25) is 9.36 Å². The van der Waals surface area contributed by atoms with Crippen molar-refractivity contribution in [3.05, 3.63) is 89.5 Å². The van der Waals surface area contributed by atoms with E-state index in [1.54, 1.807) is 14.0 Å². The van der Waals surface area contributed by atoms with Crippen molar-refractivity contribution in [2.24, 2.45) is 0 Å². The number of amides is 1. The molecule has 0 aliphatic carbocycles. The van der Waals surface area contributed by atoms with Crippen molar-refractivity contribution < 1.29 is 18.7 Å². The maximum atomic E-state index is 13.4. The maximum absolute atomic E-state index is 13.4. The molecule has 3 aromatic carbocycles. The van der Waals surface area contributed by atoms with E-state index in [4.69, 9.17) is 21.1 Å². The van der Waals surface area contributed by atoms with Crippen molar-refractivity contribution in [2.75, 3.05) is 12.4 Å². The van der Waals surface area contributed by atoms with Gasteiger partial charge in [0, 0.05) is 11.4 Å². The summed E-state index contributed by atoms with van der Waals surface area (Å²) in [5.41, 5.74) is 1.24. The van der Waals surface area contributed by atoms with E-state index in [1.807, 2.05) is 66.1 Å². The topological polar surface area (TPSA) is 78.3 Å². The number of carbonyl (C=O) groups is 1. The number of aromatic nitrogens is 3.